The molecule has 0 saturated carbocycles. The van der Waals surface area contributed by atoms with E-state index in [9.17, 15) is 0 Å². The number of aryl methyl sites for hydroxylation is 2. The molecule has 1 fully saturated rings. The first-order valence-electron chi connectivity index (χ1n) is 5.05. The third kappa shape index (κ3) is 1.65. The summed E-state index contributed by atoms with van der Waals surface area (Å²) in [7, 11) is 0. The van der Waals surface area contributed by atoms with E-state index < -0.39 is 0 Å². The molecule has 78 valence electrons. The Labute approximate surface area is 83.2 Å². The van der Waals surface area contributed by atoms with Gasteiger partial charge in [0.1, 0.15) is 11.6 Å². The molecule has 0 aliphatic carbocycles. The molecule has 5 nitrogen and oxygen atoms in total. The predicted octanol–water partition coefficient (Wildman–Crippen LogP) is -0.344. The number of rotatable bonds is 4. The molecule has 0 aromatic carbocycles. The molecule has 0 spiro atoms. The topological polar surface area (TPSA) is 63.0 Å². The predicted molar refractivity (Wildman–Crippen MR) is 52.1 cm³/mol. The maximum absolute atomic E-state index is 8.77. The summed E-state index contributed by atoms with van der Waals surface area (Å²) >= 11 is 0. The van der Waals surface area contributed by atoms with Crippen molar-refractivity contribution in [3.05, 3.63) is 11.6 Å². The zero-order chi connectivity index (χ0) is 9.97. The van der Waals surface area contributed by atoms with Crippen LogP contribution in [0, 0.1) is 6.92 Å². The van der Waals surface area contributed by atoms with Crippen molar-refractivity contribution < 1.29 is 5.11 Å². The highest BCUT2D eigenvalue weighted by atomic mass is 16.2. The minimum Gasteiger partial charge on any atom is -0.396 e. The van der Waals surface area contributed by atoms with Gasteiger partial charge in [-0.3, -0.25) is 0 Å². The van der Waals surface area contributed by atoms with Crippen molar-refractivity contribution in [2.75, 3.05) is 19.7 Å². The molecular weight excluding hydrogens is 180 g/mol. The van der Waals surface area contributed by atoms with Gasteiger partial charge in [0.05, 0.1) is 6.04 Å². The Hall–Kier alpha value is -0.940. The molecule has 1 saturated heterocycles. The van der Waals surface area contributed by atoms with Gasteiger partial charge in [-0.25, -0.2) is 0 Å². The van der Waals surface area contributed by atoms with Crippen LogP contribution in [0.4, 0.5) is 0 Å². The fourth-order valence-corrected chi connectivity index (χ4v) is 1.75. The second-order valence-corrected chi connectivity index (χ2v) is 3.67. The first-order chi connectivity index (χ1) is 6.83. The Morgan fingerprint density at radius 1 is 1.50 bits per heavy atom. The van der Waals surface area contributed by atoms with Gasteiger partial charge < -0.3 is 15.0 Å². The molecule has 1 aromatic heterocycles. The van der Waals surface area contributed by atoms with Gasteiger partial charge in [-0.05, 0) is 13.3 Å². The zero-order valence-electron chi connectivity index (χ0n) is 8.40. The number of aliphatic hydroxyl groups is 1. The van der Waals surface area contributed by atoms with E-state index in [1.165, 1.54) is 0 Å². The molecule has 1 aliphatic rings. The summed E-state index contributed by atoms with van der Waals surface area (Å²) in [5, 5.41) is 20.2. The third-order valence-electron chi connectivity index (χ3n) is 2.62. The Bertz CT molecular complexity index is 306. The first kappa shape index (κ1) is 9.61. The summed E-state index contributed by atoms with van der Waals surface area (Å²) in [5.41, 5.74) is 0. The highest BCUT2D eigenvalue weighted by Crippen LogP contribution is 2.16. The molecule has 14 heavy (non-hydrogen) atoms. The molecule has 2 N–H and O–H groups in total. The SMILES string of the molecule is Cc1nnc(CCCO)n1C1CNC1. The van der Waals surface area contributed by atoms with E-state index in [1.807, 2.05) is 6.92 Å². The van der Waals surface area contributed by atoms with E-state index in [0.29, 0.717) is 6.04 Å². The van der Waals surface area contributed by atoms with E-state index in [-0.39, 0.29) is 6.61 Å². The van der Waals surface area contributed by atoms with Gasteiger partial charge in [0.15, 0.2) is 0 Å². The number of nitrogens with zero attached hydrogens (tertiary/aromatic N) is 3. The van der Waals surface area contributed by atoms with Crippen molar-refractivity contribution in [2.24, 2.45) is 0 Å². The number of aromatic nitrogens is 3. The Balaban J connectivity index is 2.13. The fraction of sp³-hybridized carbons (Fsp3) is 0.778. The number of hydrogen-bond donors (Lipinski definition) is 2. The van der Waals surface area contributed by atoms with Gasteiger partial charge in [-0.1, -0.05) is 0 Å². The minimum absolute atomic E-state index is 0.217. The van der Waals surface area contributed by atoms with Gasteiger partial charge in [-0.2, -0.15) is 0 Å². The second-order valence-electron chi connectivity index (χ2n) is 3.67. The van der Waals surface area contributed by atoms with Crippen LogP contribution in [0.25, 0.3) is 0 Å². The molecular formula is C9H16N4O. The average molecular weight is 196 g/mol. The Morgan fingerprint density at radius 2 is 2.29 bits per heavy atom. The van der Waals surface area contributed by atoms with Crippen LogP contribution >= 0.6 is 0 Å². The normalized spacial score (nSPS) is 17.0. The van der Waals surface area contributed by atoms with Crippen molar-refractivity contribution in [1.82, 2.24) is 20.1 Å². The van der Waals surface area contributed by atoms with Crippen LogP contribution in [-0.2, 0) is 6.42 Å². The van der Waals surface area contributed by atoms with Crippen LogP contribution in [0.3, 0.4) is 0 Å². The third-order valence-corrected chi connectivity index (χ3v) is 2.62. The van der Waals surface area contributed by atoms with E-state index in [4.69, 9.17) is 5.11 Å². The van der Waals surface area contributed by atoms with Gasteiger partial charge >= 0.3 is 0 Å². The van der Waals surface area contributed by atoms with Crippen molar-refractivity contribution >= 4 is 0 Å². The summed E-state index contributed by atoms with van der Waals surface area (Å²) in [4.78, 5) is 0. The monoisotopic (exact) mass is 196 g/mol. The zero-order valence-corrected chi connectivity index (χ0v) is 8.40. The van der Waals surface area contributed by atoms with Crippen molar-refractivity contribution in [3.63, 3.8) is 0 Å². The molecule has 0 unspecified atom stereocenters. The Morgan fingerprint density at radius 3 is 2.86 bits per heavy atom. The minimum atomic E-state index is 0.217. The number of nitrogens with one attached hydrogen (secondary N) is 1. The summed E-state index contributed by atoms with van der Waals surface area (Å²) in [6.45, 7) is 4.21. The summed E-state index contributed by atoms with van der Waals surface area (Å²) in [6.07, 6.45) is 1.58. The van der Waals surface area contributed by atoms with Crippen LogP contribution in [0.15, 0.2) is 0 Å². The summed E-state index contributed by atoms with van der Waals surface area (Å²) in [6, 6.07) is 0.513. The van der Waals surface area contributed by atoms with Gasteiger partial charge in [-0.15, -0.1) is 10.2 Å². The smallest absolute Gasteiger partial charge is 0.133 e. The molecule has 2 rings (SSSR count). The van der Waals surface area contributed by atoms with Crippen LogP contribution in [0.2, 0.25) is 0 Å². The van der Waals surface area contributed by atoms with Gasteiger partial charge in [0, 0.05) is 26.1 Å². The van der Waals surface area contributed by atoms with Crippen LogP contribution in [0.5, 0.6) is 0 Å². The maximum Gasteiger partial charge on any atom is 0.133 e. The maximum atomic E-state index is 8.77. The lowest BCUT2D eigenvalue weighted by molar-refractivity contribution is 0.282. The second kappa shape index (κ2) is 4.06. The standard InChI is InChI=1S/C9H16N4O/c1-7-11-12-9(3-2-4-14)13(7)8-5-10-6-8/h8,10,14H,2-6H2,1H3. The lowest BCUT2D eigenvalue weighted by Crippen LogP contribution is -2.44. The lowest BCUT2D eigenvalue weighted by atomic mass is 10.1. The van der Waals surface area contributed by atoms with Gasteiger partial charge in [0.25, 0.3) is 0 Å². The first-order valence-corrected chi connectivity index (χ1v) is 5.05. The van der Waals surface area contributed by atoms with Crippen molar-refractivity contribution in [2.45, 2.75) is 25.8 Å². The number of hydrogen-bond acceptors (Lipinski definition) is 4. The van der Waals surface area contributed by atoms with Crippen molar-refractivity contribution in [1.29, 1.82) is 0 Å². The molecule has 2 heterocycles. The lowest BCUT2D eigenvalue weighted by Gasteiger charge is -2.30. The van der Waals surface area contributed by atoms with E-state index in [0.717, 1.165) is 37.6 Å². The van der Waals surface area contributed by atoms with Crippen molar-refractivity contribution in [3.8, 4) is 0 Å². The molecule has 0 amide bonds. The number of aliphatic hydroxyl groups excluding tert-OH is 1. The molecule has 0 bridgehead atoms. The summed E-state index contributed by atoms with van der Waals surface area (Å²) in [5.74, 6) is 1.98. The highest BCUT2D eigenvalue weighted by molar-refractivity contribution is 5.00. The van der Waals surface area contributed by atoms with Crippen LogP contribution in [0.1, 0.15) is 24.1 Å². The quantitative estimate of drug-likeness (QED) is 0.691. The summed E-state index contributed by atoms with van der Waals surface area (Å²) < 4.78 is 2.19. The van der Waals surface area contributed by atoms with Crippen LogP contribution < -0.4 is 5.32 Å². The fourth-order valence-electron chi connectivity index (χ4n) is 1.75. The largest absolute Gasteiger partial charge is 0.396 e. The van der Waals surface area contributed by atoms with E-state index in [1.54, 1.807) is 0 Å². The molecule has 0 atom stereocenters. The molecule has 1 aliphatic heterocycles. The van der Waals surface area contributed by atoms with Crippen LogP contribution in [-0.4, -0.2) is 39.6 Å². The molecule has 5 heteroatoms. The van der Waals surface area contributed by atoms with Gasteiger partial charge in [0.2, 0.25) is 0 Å². The van der Waals surface area contributed by atoms with E-state index in [2.05, 4.69) is 20.1 Å². The molecule has 0 radical (unpaired) electrons. The highest BCUT2D eigenvalue weighted by Gasteiger charge is 2.23. The molecule has 1 aromatic rings. The Kier molecular flexibility index (Phi) is 2.79. The van der Waals surface area contributed by atoms with E-state index >= 15 is 0 Å². The average Bonchev–Trinajstić information content (AvgIpc) is 2.43.